The van der Waals surface area contributed by atoms with Crippen molar-refractivity contribution in [2.45, 2.75) is 94.8 Å². The molecule has 2 aromatic rings. The number of halogens is 1. The molecule has 8 nitrogen and oxygen atoms in total. The Morgan fingerprint density at radius 3 is 2.40 bits per heavy atom. The molecule has 240 valence electrons. The van der Waals surface area contributed by atoms with Crippen LogP contribution in [0.25, 0.3) is 0 Å². The molecule has 7 rings (SSSR count). The normalized spacial score (nSPS) is 24.6. The first kappa shape index (κ1) is 30.5. The fourth-order valence-corrected chi connectivity index (χ4v) is 8.55. The smallest absolute Gasteiger partial charge is 0.410 e. The predicted molar refractivity (Wildman–Crippen MR) is 173 cm³/mol. The maximum Gasteiger partial charge on any atom is 0.410 e. The Bertz CT molecular complexity index is 1410. The molecule has 2 saturated carbocycles. The number of hydrogen-bond donors (Lipinski definition) is 2. The molecule has 0 radical (unpaired) electrons. The fraction of sp³-hybridized carbons (Fsp3) is 0.583. The summed E-state index contributed by atoms with van der Waals surface area (Å²) >= 11 is 6.16. The first-order valence-corrected chi connectivity index (χ1v) is 17.3. The van der Waals surface area contributed by atoms with Crippen molar-refractivity contribution >= 4 is 29.5 Å². The van der Waals surface area contributed by atoms with Gasteiger partial charge in [0.15, 0.2) is 0 Å². The number of carbonyl (C=O) groups is 3. The molecule has 9 heteroatoms. The van der Waals surface area contributed by atoms with Crippen LogP contribution in [-0.4, -0.2) is 71.6 Å². The highest BCUT2D eigenvalue weighted by Gasteiger charge is 2.59. The number of benzene rings is 2. The number of hydrogen-bond acceptors (Lipinski definition) is 5. The Morgan fingerprint density at radius 1 is 0.978 bits per heavy atom. The Kier molecular flexibility index (Phi) is 8.55. The van der Waals surface area contributed by atoms with Crippen LogP contribution in [0.4, 0.5) is 4.79 Å². The largest absolute Gasteiger partial charge is 0.447 e. The highest BCUT2D eigenvalue weighted by Crippen LogP contribution is 2.52. The topological polar surface area (TPSA) is 91.0 Å². The Balaban J connectivity index is 1.07. The lowest BCUT2D eigenvalue weighted by Crippen LogP contribution is -2.58. The van der Waals surface area contributed by atoms with Gasteiger partial charge in [-0.3, -0.25) is 14.5 Å². The third-order valence-electron chi connectivity index (χ3n) is 11.5. The van der Waals surface area contributed by atoms with E-state index >= 15 is 0 Å². The minimum Gasteiger partial charge on any atom is -0.447 e. The van der Waals surface area contributed by atoms with Crippen LogP contribution in [0.3, 0.4) is 0 Å². The number of nitrogens with one attached hydrogen (secondary N) is 2. The van der Waals surface area contributed by atoms with Crippen LogP contribution < -0.4 is 10.6 Å². The molecule has 45 heavy (non-hydrogen) atoms. The first-order valence-electron chi connectivity index (χ1n) is 16.9. The molecule has 4 fully saturated rings. The zero-order valence-corrected chi connectivity index (χ0v) is 26.8. The molecule has 1 spiro atoms. The molecule has 2 aromatic carbocycles. The number of cyclic esters (lactones) is 1. The summed E-state index contributed by atoms with van der Waals surface area (Å²) in [4.78, 5) is 44.8. The van der Waals surface area contributed by atoms with Crippen molar-refractivity contribution in [2.24, 2.45) is 11.3 Å². The van der Waals surface area contributed by atoms with Crippen molar-refractivity contribution in [2.75, 3.05) is 26.2 Å². The molecular weight excluding hydrogens is 588 g/mol. The maximum absolute atomic E-state index is 14.3. The van der Waals surface area contributed by atoms with E-state index in [0.29, 0.717) is 50.0 Å². The number of piperidine rings is 1. The van der Waals surface area contributed by atoms with Crippen molar-refractivity contribution in [3.05, 3.63) is 70.2 Å². The first-order chi connectivity index (χ1) is 21.8. The van der Waals surface area contributed by atoms with E-state index in [4.69, 9.17) is 16.3 Å². The number of likely N-dealkylation sites (tertiary alicyclic amines) is 1. The third-order valence-corrected chi connectivity index (χ3v) is 11.7. The van der Waals surface area contributed by atoms with Crippen LogP contribution in [0.5, 0.6) is 0 Å². The summed E-state index contributed by atoms with van der Waals surface area (Å²) in [6.45, 7) is 3.15. The van der Waals surface area contributed by atoms with Gasteiger partial charge in [-0.2, -0.15) is 0 Å². The number of rotatable bonds is 8. The van der Waals surface area contributed by atoms with E-state index < -0.39 is 12.1 Å². The molecule has 2 N–H and O–H groups in total. The van der Waals surface area contributed by atoms with Crippen LogP contribution in [-0.2, 0) is 33.7 Å². The molecule has 3 heterocycles. The van der Waals surface area contributed by atoms with Crippen molar-refractivity contribution < 1.29 is 19.1 Å². The van der Waals surface area contributed by atoms with Crippen LogP contribution in [0.1, 0.15) is 74.5 Å². The summed E-state index contributed by atoms with van der Waals surface area (Å²) in [6.07, 6.45) is 10.8. The molecule has 3 amide bonds. The van der Waals surface area contributed by atoms with Crippen molar-refractivity contribution in [3.63, 3.8) is 0 Å². The second-order valence-electron chi connectivity index (χ2n) is 14.2. The monoisotopic (exact) mass is 632 g/mol. The van der Waals surface area contributed by atoms with E-state index in [1.807, 2.05) is 41.3 Å². The van der Waals surface area contributed by atoms with E-state index in [-0.39, 0.29) is 28.9 Å². The second kappa shape index (κ2) is 12.6. The lowest BCUT2D eigenvalue weighted by Gasteiger charge is -2.50. The van der Waals surface area contributed by atoms with Gasteiger partial charge in [0.1, 0.15) is 12.6 Å². The van der Waals surface area contributed by atoms with E-state index in [0.717, 1.165) is 37.8 Å². The summed E-state index contributed by atoms with van der Waals surface area (Å²) in [5.41, 5.74) is 3.23. The highest BCUT2D eigenvalue weighted by molar-refractivity contribution is 6.30. The molecular formula is C36H45ClN4O4. The van der Waals surface area contributed by atoms with Gasteiger partial charge in [-0.1, -0.05) is 67.3 Å². The van der Waals surface area contributed by atoms with Crippen molar-refractivity contribution in [3.8, 4) is 0 Å². The standard InChI is InChI=1S/C36H45ClN4O4/c37-29-12-10-25(11-13-29)20-31(39-32(42)30-21-26-6-4-5-7-27(26)22-38-30)33(43)40-18-16-35(17-19-40,28-8-2-1-3-9-28)23-41-34(44)45-24-36(41)14-15-36/h4-7,10-13,28,30-31,38H,1-3,8-9,14-24H2,(H,39,42)/t30-,31-/m1/s1. The lowest BCUT2D eigenvalue weighted by molar-refractivity contribution is -0.140. The minimum absolute atomic E-state index is 0.00944. The molecule has 0 unspecified atom stereocenters. The van der Waals surface area contributed by atoms with Gasteiger partial charge in [-0.25, -0.2) is 4.79 Å². The fourth-order valence-electron chi connectivity index (χ4n) is 8.42. The van der Waals surface area contributed by atoms with Crippen LogP contribution in [0.15, 0.2) is 48.5 Å². The van der Waals surface area contributed by atoms with Gasteiger partial charge >= 0.3 is 6.09 Å². The summed E-state index contributed by atoms with van der Waals surface area (Å²) in [5.74, 6) is 0.371. The van der Waals surface area contributed by atoms with Gasteiger partial charge < -0.3 is 20.3 Å². The highest BCUT2D eigenvalue weighted by atomic mass is 35.5. The zero-order chi connectivity index (χ0) is 31.0. The number of amides is 3. The van der Waals surface area contributed by atoms with E-state index in [9.17, 15) is 14.4 Å². The Morgan fingerprint density at radius 2 is 1.69 bits per heavy atom. The second-order valence-corrected chi connectivity index (χ2v) is 14.6. The molecule has 0 aromatic heterocycles. The molecule has 2 aliphatic carbocycles. The van der Waals surface area contributed by atoms with Gasteiger partial charge in [0.05, 0.1) is 11.6 Å². The Labute approximate surface area is 271 Å². The van der Waals surface area contributed by atoms with Crippen molar-refractivity contribution in [1.29, 1.82) is 0 Å². The van der Waals surface area contributed by atoms with Gasteiger partial charge in [0.25, 0.3) is 0 Å². The Hall–Kier alpha value is -3.10. The summed E-state index contributed by atoms with van der Waals surface area (Å²) in [5, 5.41) is 7.16. The van der Waals surface area contributed by atoms with Gasteiger partial charge in [0, 0.05) is 37.6 Å². The zero-order valence-electron chi connectivity index (χ0n) is 26.1. The maximum atomic E-state index is 14.3. The van der Waals surface area contributed by atoms with E-state index in [2.05, 4.69) is 27.7 Å². The lowest BCUT2D eigenvalue weighted by atomic mass is 9.63. The summed E-state index contributed by atoms with van der Waals surface area (Å²) < 4.78 is 5.55. The van der Waals surface area contributed by atoms with Crippen LogP contribution >= 0.6 is 11.6 Å². The number of carbonyl (C=O) groups excluding carboxylic acids is 3. The summed E-state index contributed by atoms with van der Waals surface area (Å²) in [7, 11) is 0. The number of ether oxygens (including phenoxy) is 1. The van der Waals surface area contributed by atoms with E-state index in [1.165, 1.54) is 43.2 Å². The van der Waals surface area contributed by atoms with Crippen molar-refractivity contribution in [1.82, 2.24) is 20.4 Å². The average Bonchev–Trinajstić information content (AvgIpc) is 3.81. The molecule has 0 bridgehead atoms. The quantitative estimate of drug-likeness (QED) is 0.415. The third kappa shape index (κ3) is 6.33. The van der Waals surface area contributed by atoms with E-state index in [1.54, 1.807) is 0 Å². The molecule has 2 atom stereocenters. The molecule has 3 aliphatic heterocycles. The van der Waals surface area contributed by atoms with Crippen LogP contribution in [0, 0.1) is 11.3 Å². The van der Waals surface area contributed by atoms with Gasteiger partial charge in [-0.05, 0) is 85.1 Å². The molecule has 2 saturated heterocycles. The van der Waals surface area contributed by atoms with Gasteiger partial charge in [0.2, 0.25) is 11.8 Å². The average molecular weight is 633 g/mol. The summed E-state index contributed by atoms with van der Waals surface area (Å²) in [6, 6.07) is 14.6. The number of fused-ring (bicyclic) bond motifs is 1. The molecule has 5 aliphatic rings. The number of nitrogens with zero attached hydrogens (tertiary/aromatic N) is 2. The van der Waals surface area contributed by atoms with Crippen LogP contribution in [0.2, 0.25) is 5.02 Å². The van der Waals surface area contributed by atoms with Gasteiger partial charge in [-0.15, -0.1) is 0 Å². The minimum atomic E-state index is -0.678. The SMILES string of the molecule is O=C(N[C@H](Cc1ccc(Cl)cc1)C(=O)N1CCC(CN2C(=O)OCC23CC3)(C2CCCCC2)CC1)[C@H]1Cc2ccccc2CN1. The predicted octanol–water partition coefficient (Wildman–Crippen LogP) is 5.26.